The van der Waals surface area contributed by atoms with Gasteiger partial charge in [-0.15, -0.1) is 0 Å². The van der Waals surface area contributed by atoms with Gasteiger partial charge in [0.1, 0.15) is 0 Å². The van der Waals surface area contributed by atoms with E-state index in [1.54, 1.807) is 11.0 Å². The van der Waals surface area contributed by atoms with Crippen molar-refractivity contribution in [2.24, 2.45) is 5.92 Å². The molecule has 1 aromatic carbocycles. The van der Waals surface area contributed by atoms with Crippen LogP contribution in [0.4, 0.5) is 5.69 Å². The number of piperidine rings is 1. The summed E-state index contributed by atoms with van der Waals surface area (Å²) >= 11 is 3.51. The lowest BCUT2D eigenvalue weighted by molar-refractivity contribution is -0.115. The smallest absolute Gasteiger partial charge is 0.290 e. The third kappa shape index (κ3) is 2.54. The van der Waals surface area contributed by atoms with E-state index in [0.717, 1.165) is 22.6 Å². The average Bonchev–Trinajstić information content (AvgIpc) is 2.81. The summed E-state index contributed by atoms with van der Waals surface area (Å²) in [6.45, 7) is 1.57. The van der Waals surface area contributed by atoms with Crippen LogP contribution in [0, 0.1) is 5.92 Å². The minimum absolute atomic E-state index is 0.376. The predicted octanol–water partition coefficient (Wildman–Crippen LogP) is 3.59. The maximum atomic E-state index is 12.5. The second kappa shape index (κ2) is 6.02. The first-order valence-electron chi connectivity index (χ1n) is 8.55. The van der Waals surface area contributed by atoms with Crippen molar-refractivity contribution in [2.45, 2.75) is 44.6 Å². The number of Topliss-reactive ketones (excluding diaryl/α,β-unsaturated/α-hetero) is 1. The average molecular weight is 377 g/mol. The number of amides is 1. The van der Waals surface area contributed by atoms with E-state index in [0.29, 0.717) is 18.3 Å². The van der Waals surface area contributed by atoms with E-state index in [-0.39, 0.29) is 11.7 Å². The Bertz CT molecular complexity index is 658. The maximum Gasteiger partial charge on any atom is 0.300 e. The van der Waals surface area contributed by atoms with E-state index in [1.807, 2.05) is 12.1 Å². The van der Waals surface area contributed by atoms with Gasteiger partial charge in [0.15, 0.2) is 0 Å². The van der Waals surface area contributed by atoms with Crippen LogP contribution in [0.15, 0.2) is 22.7 Å². The molecule has 1 aliphatic carbocycles. The Hall–Kier alpha value is -1.20. The Morgan fingerprint density at radius 3 is 2.74 bits per heavy atom. The van der Waals surface area contributed by atoms with Crippen molar-refractivity contribution < 1.29 is 9.59 Å². The fraction of sp³-hybridized carbons (Fsp3) is 0.556. The summed E-state index contributed by atoms with van der Waals surface area (Å²) in [4.78, 5) is 28.8. The summed E-state index contributed by atoms with van der Waals surface area (Å²) in [5, 5.41) is 0. The summed E-state index contributed by atoms with van der Waals surface area (Å²) < 4.78 is 0.825. The number of fused-ring (bicyclic) bond motifs is 2. The van der Waals surface area contributed by atoms with E-state index in [1.165, 1.54) is 38.5 Å². The lowest BCUT2D eigenvalue weighted by Crippen LogP contribution is -2.52. The number of anilines is 1. The molecule has 2 aliphatic heterocycles. The highest BCUT2D eigenvalue weighted by atomic mass is 79.9. The highest BCUT2D eigenvalue weighted by Crippen LogP contribution is 2.39. The molecule has 2 heterocycles. The number of ketones is 1. The standard InChI is InChI=1S/C18H21BrN2O2/c19-14-8-3-7-13-16(14)21(18(23)17(13)22)11-20-10-4-6-12-5-1-2-9-15(12)20/h3,7-8,12,15H,1-2,4-6,9-11H2/t12-,15-/m0/s1. The molecular weight excluding hydrogens is 356 g/mol. The highest BCUT2D eigenvalue weighted by Gasteiger charge is 2.40. The minimum atomic E-state index is -0.384. The quantitative estimate of drug-likeness (QED) is 0.740. The van der Waals surface area contributed by atoms with Gasteiger partial charge in [-0.05, 0) is 59.7 Å². The summed E-state index contributed by atoms with van der Waals surface area (Å²) in [6.07, 6.45) is 7.67. The molecule has 0 unspecified atom stereocenters. The van der Waals surface area contributed by atoms with Gasteiger partial charge in [-0.1, -0.05) is 18.9 Å². The van der Waals surface area contributed by atoms with Crippen LogP contribution in [0.1, 0.15) is 48.9 Å². The predicted molar refractivity (Wildman–Crippen MR) is 92.5 cm³/mol. The third-order valence-corrected chi connectivity index (χ3v) is 6.26. The highest BCUT2D eigenvalue weighted by molar-refractivity contribution is 9.10. The molecule has 0 spiro atoms. The second-order valence-electron chi connectivity index (χ2n) is 6.91. The van der Waals surface area contributed by atoms with Gasteiger partial charge in [0.2, 0.25) is 0 Å². The zero-order chi connectivity index (χ0) is 16.0. The van der Waals surface area contributed by atoms with E-state index < -0.39 is 0 Å². The molecule has 1 saturated heterocycles. The molecule has 4 nitrogen and oxygen atoms in total. The molecule has 2 fully saturated rings. The Morgan fingerprint density at radius 2 is 1.87 bits per heavy atom. The molecule has 23 heavy (non-hydrogen) atoms. The van der Waals surface area contributed by atoms with Crippen molar-refractivity contribution in [2.75, 3.05) is 18.1 Å². The molecule has 1 amide bonds. The van der Waals surface area contributed by atoms with Crippen molar-refractivity contribution in [1.82, 2.24) is 4.90 Å². The first-order valence-corrected chi connectivity index (χ1v) is 9.35. The summed E-state index contributed by atoms with van der Waals surface area (Å²) in [7, 11) is 0. The van der Waals surface area contributed by atoms with E-state index in [4.69, 9.17) is 0 Å². The molecule has 0 bridgehead atoms. The van der Waals surface area contributed by atoms with Gasteiger partial charge in [0.25, 0.3) is 5.78 Å². The van der Waals surface area contributed by atoms with Crippen molar-refractivity contribution in [1.29, 1.82) is 0 Å². The van der Waals surface area contributed by atoms with Crippen LogP contribution in [0.3, 0.4) is 0 Å². The van der Waals surface area contributed by atoms with Crippen molar-refractivity contribution in [3.63, 3.8) is 0 Å². The molecule has 1 saturated carbocycles. The van der Waals surface area contributed by atoms with Gasteiger partial charge in [-0.3, -0.25) is 19.4 Å². The zero-order valence-electron chi connectivity index (χ0n) is 13.1. The number of halogens is 1. The summed E-state index contributed by atoms with van der Waals surface area (Å²) in [6, 6.07) is 6.04. The number of hydrogen-bond donors (Lipinski definition) is 0. The molecule has 122 valence electrons. The number of carbonyl (C=O) groups excluding carboxylic acids is 2. The fourth-order valence-corrected chi connectivity index (χ4v) is 5.11. The maximum absolute atomic E-state index is 12.5. The molecule has 2 atom stereocenters. The van der Waals surface area contributed by atoms with Crippen LogP contribution in [-0.2, 0) is 4.79 Å². The molecule has 3 aliphatic rings. The Balaban J connectivity index is 1.62. The second-order valence-corrected chi connectivity index (χ2v) is 7.76. The number of benzene rings is 1. The van der Waals surface area contributed by atoms with Crippen LogP contribution >= 0.6 is 15.9 Å². The number of para-hydroxylation sites is 1. The lowest BCUT2D eigenvalue weighted by atomic mass is 9.78. The Kier molecular flexibility index (Phi) is 4.01. The van der Waals surface area contributed by atoms with Gasteiger partial charge in [-0.25, -0.2) is 0 Å². The Labute approximate surface area is 145 Å². The minimum Gasteiger partial charge on any atom is -0.290 e. The topological polar surface area (TPSA) is 40.6 Å². The van der Waals surface area contributed by atoms with Gasteiger partial charge in [0, 0.05) is 17.1 Å². The SMILES string of the molecule is O=C1C(=O)N(CN2CCC[C@@H]3CCCC[C@@H]32)c2c(Br)cccc21. The number of rotatable bonds is 2. The lowest BCUT2D eigenvalue weighted by Gasteiger charge is -2.45. The zero-order valence-corrected chi connectivity index (χ0v) is 14.7. The van der Waals surface area contributed by atoms with Crippen LogP contribution in [-0.4, -0.2) is 35.8 Å². The molecular formula is C18H21BrN2O2. The van der Waals surface area contributed by atoms with Crippen LogP contribution in [0.25, 0.3) is 0 Å². The molecule has 4 rings (SSSR count). The molecule has 1 aromatic rings. The largest absolute Gasteiger partial charge is 0.300 e. The van der Waals surface area contributed by atoms with Crippen LogP contribution in [0.2, 0.25) is 0 Å². The normalized spacial score (nSPS) is 28.0. The van der Waals surface area contributed by atoms with Crippen molar-refractivity contribution >= 4 is 33.3 Å². The summed E-state index contributed by atoms with van der Waals surface area (Å²) in [5.41, 5.74) is 1.28. The van der Waals surface area contributed by atoms with Crippen LogP contribution in [0.5, 0.6) is 0 Å². The van der Waals surface area contributed by atoms with E-state index >= 15 is 0 Å². The molecule has 0 aromatic heterocycles. The van der Waals surface area contributed by atoms with Crippen LogP contribution < -0.4 is 4.90 Å². The van der Waals surface area contributed by atoms with Crippen molar-refractivity contribution in [3.8, 4) is 0 Å². The third-order valence-electron chi connectivity index (χ3n) is 5.62. The molecule has 5 heteroatoms. The van der Waals surface area contributed by atoms with Gasteiger partial charge in [-0.2, -0.15) is 0 Å². The monoisotopic (exact) mass is 376 g/mol. The first kappa shape index (κ1) is 15.3. The number of likely N-dealkylation sites (tertiary alicyclic amines) is 1. The van der Waals surface area contributed by atoms with E-state index in [9.17, 15) is 9.59 Å². The summed E-state index contributed by atoms with van der Waals surface area (Å²) in [5.74, 6) is 0.00734. The number of hydrogen-bond acceptors (Lipinski definition) is 3. The first-order chi connectivity index (χ1) is 11.2. The molecule has 0 N–H and O–H groups in total. The van der Waals surface area contributed by atoms with Gasteiger partial charge < -0.3 is 0 Å². The Morgan fingerprint density at radius 1 is 1.09 bits per heavy atom. The molecule has 0 radical (unpaired) electrons. The van der Waals surface area contributed by atoms with Gasteiger partial charge in [0.05, 0.1) is 17.9 Å². The van der Waals surface area contributed by atoms with E-state index in [2.05, 4.69) is 20.8 Å². The van der Waals surface area contributed by atoms with Gasteiger partial charge >= 0.3 is 5.91 Å². The van der Waals surface area contributed by atoms with Crippen molar-refractivity contribution in [3.05, 3.63) is 28.2 Å². The number of carbonyl (C=O) groups is 2. The fourth-order valence-electron chi connectivity index (χ4n) is 4.53. The number of nitrogens with zero attached hydrogens (tertiary/aromatic N) is 2.